The molecular formula is C8H6N2O5. The predicted octanol–water partition coefficient (Wildman–Crippen LogP) is 1.49. The lowest BCUT2D eigenvalue weighted by Crippen LogP contribution is -2.08. The largest absolute Gasteiger partial charge is 0.479 e. The highest BCUT2D eigenvalue weighted by Crippen LogP contribution is 2.20. The van der Waals surface area contributed by atoms with Gasteiger partial charge in [0, 0.05) is 12.1 Å². The quantitative estimate of drug-likeness (QED) is 0.459. The zero-order valence-electron chi connectivity index (χ0n) is 7.36. The fourth-order valence-corrected chi connectivity index (χ4v) is 1.03. The number of carboxylic acid groups (broad SMARTS) is 1. The van der Waals surface area contributed by atoms with Crippen molar-refractivity contribution in [3.63, 3.8) is 0 Å². The molecule has 0 heterocycles. The summed E-state index contributed by atoms with van der Waals surface area (Å²) >= 11 is 0. The molecule has 0 aliphatic rings. The van der Waals surface area contributed by atoms with Crippen molar-refractivity contribution < 1.29 is 14.8 Å². The van der Waals surface area contributed by atoms with Crippen LogP contribution in [0.3, 0.4) is 0 Å². The van der Waals surface area contributed by atoms with Crippen LogP contribution in [0.4, 0.5) is 5.69 Å². The highest BCUT2D eigenvalue weighted by molar-refractivity contribution is 5.75. The van der Waals surface area contributed by atoms with Gasteiger partial charge in [-0.1, -0.05) is 0 Å². The summed E-state index contributed by atoms with van der Waals surface area (Å²) in [5.41, 5.74) is -0.0584. The first-order valence-electron chi connectivity index (χ1n) is 3.86. The van der Waals surface area contributed by atoms with Gasteiger partial charge in [0.05, 0.1) is 4.92 Å². The Bertz CT molecular complexity index is 400. The van der Waals surface area contributed by atoms with Crippen LogP contribution in [0.2, 0.25) is 0 Å². The number of nitro groups is 1. The molecule has 78 valence electrons. The van der Waals surface area contributed by atoms with Crippen molar-refractivity contribution in [2.75, 3.05) is 0 Å². The smallest absolute Gasteiger partial charge is 0.336 e. The number of benzene rings is 1. The molecule has 0 aliphatic carbocycles. The summed E-state index contributed by atoms with van der Waals surface area (Å²) in [6.45, 7) is 0. The molecular weight excluding hydrogens is 204 g/mol. The molecule has 7 heteroatoms. The Balaban J connectivity index is 3.02. The molecule has 1 unspecified atom stereocenters. The molecule has 0 radical (unpaired) electrons. The number of carbonyl (C=O) groups is 1. The highest BCUT2D eigenvalue weighted by Gasteiger charge is 2.20. The van der Waals surface area contributed by atoms with Gasteiger partial charge >= 0.3 is 5.97 Å². The summed E-state index contributed by atoms with van der Waals surface area (Å²) < 4.78 is 0. The Morgan fingerprint density at radius 3 is 2.27 bits per heavy atom. The van der Waals surface area contributed by atoms with Crippen LogP contribution in [-0.4, -0.2) is 16.0 Å². The molecule has 7 nitrogen and oxygen atoms in total. The lowest BCUT2D eigenvalue weighted by molar-refractivity contribution is -0.384. The van der Waals surface area contributed by atoms with E-state index in [1.54, 1.807) is 0 Å². The molecule has 0 spiro atoms. The standard InChI is InChI=1S/C8H6N2O5/c11-8(12)7(9-13)5-1-3-6(4-2-5)10(14)15/h1-4,7H,(H,11,12). The van der Waals surface area contributed by atoms with E-state index in [0.29, 0.717) is 0 Å². The molecule has 1 aromatic carbocycles. The molecule has 1 rings (SSSR count). The summed E-state index contributed by atoms with van der Waals surface area (Å²) in [5, 5.41) is 21.3. The summed E-state index contributed by atoms with van der Waals surface area (Å²) in [4.78, 5) is 30.4. The van der Waals surface area contributed by atoms with Crippen LogP contribution in [-0.2, 0) is 4.79 Å². The maximum Gasteiger partial charge on any atom is 0.336 e. The second-order valence-electron chi connectivity index (χ2n) is 2.69. The van der Waals surface area contributed by atoms with Gasteiger partial charge in [0.25, 0.3) is 5.69 Å². The van der Waals surface area contributed by atoms with E-state index >= 15 is 0 Å². The monoisotopic (exact) mass is 210 g/mol. The van der Waals surface area contributed by atoms with Crippen LogP contribution < -0.4 is 0 Å². The Morgan fingerprint density at radius 1 is 1.40 bits per heavy atom. The number of hydrogen-bond acceptors (Lipinski definition) is 5. The molecule has 0 amide bonds. The van der Waals surface area contributed by atoms with E-state index in [0.717, 1.165) is 12.1 Å². The van der Waals surface area contributed by atoms with Gasteiger partial charge in [-0.05, 0) is 22.9 Å². The number of rotatable bonds is 4. The van der Waals surface area contributed by atoms with Crippen molar-refractivity contribution in [1.29, 1.82) is 0 Å². The zero-order valence-corrected chi connectivity index (χ0v) is 7.36. The third kappa shape index (κ3) is 2.33. The average Bonchev–Trinajstić information content (AvgIpc) is 2.19. The fourth-order valence-electron chi connectivity index (χ4n) is 1.03. The zero-order chi connectivity index (χ0) is 11.4. The van der Waals surface area contributed by atoms with E-state index in [-0.39, 0.29) is 11.3 Å². The van der Waals surface area contributed by atoms with Crippen molar-refractivity contribution >= 4 is 11.7 Å². The number of nitroso groups, excluding NO2 is 1. The first-order valence-corrected chi connectivity index (χ1v) is 3.86. The van der Waals surface area contributed by atoms with Crippen molar-refractivity contribution in [3.05, 3.63) is 44.9 Å². The normalized spacial score (nSPS) is 11.7. The molecule has 0 fully saturated rings. The second kappa shape index (κ2) is 4.27. The molecule has 0 bridgehead atoms. The summed E-state index contributed by atoms with van der Waals surface area (Å²) in [6, 6.07) is 3.11. The van der Waals surface area contributed by atoms with Gasteiger partial charge in [-0.2, -0.15) is 0 Å². The van der Waals surface area contributed by atoms with E-state index in [1.165, 1.54) is 12.1 Å². The molecule has 1 atom stereocenters. The molecule has 0 aliphatic heterocycles. The van der Waals surface area contributed by atoms with Crippen molar-refractivity contribution in [3.8, 4) is 0 Å². The minimum absolute atomic E-state index is 0.114. The molecule has 15 heavy (non-hydrogen) atoms. The first kappa shape index (κ1) is 10.8. The van der Waals surface area contributed by atoms with Gasteiger partial charge in [-0.3, -0.25) is 10.1 Å². The Morgan fingerprint density at radius 2 is 1.93 bits per heavy atom. The van der Waals surface area contributed by atoms with Gasteiger partial charge < -0.3 is 5.11 Å². The SMILES string of the molecule is O=NC(C(=O)O)c1ccc([N+](=O)[O-])cc1. The van der Waals surface area contributed by atoms with Gasteiger partial charge in [0.2, 0.25) is 6.04 Å². The summed E-state index contributed by atoms with van der Waals surface area (Å²) in [5.74, 6) is -1.39. The minimum atomic E-state index is -1.52. The number of carboxylic acids is 1. The Kier molecular flexibility index (Phi) is 3.06. The minimum Gasteiger partial charge on any atom is -0.479 e. The first-order chi connectivity index (χ1) is 7.06. The molecule has 0 aromatic heterocycles. The highest BCUT2D eigenvalue weighted by atomic mass is 16.6. The number of nitro benzene ring substituents is 1. The maximum atomic E-state index is 10.5. The van der Waals surface area contributed by atoms with Crippen molar-refractivity contribution in [2.45, 2.75) is 6.04 Å². The summed E-state index contributed by atoms with van der Waals surface area (Å²) in [6.07, 6.45) is 0. The van der Waals surface area contributed by atoms with Gasteiger partial charge in [0.1, 0.15) is 0 Å². The van der Waals surface area contributed by atoms with E-state index in [1.807, 2.05) is 0 Å². The maximum absolute atomic E-state index is 10.5. The van der Waals surface area contributed by atoms with Crippen LogP contribution in [0.1, 0.15) is 11.6 Å². The van der Waals surface area contributed by atoms with Crippen LogP contribution in [0, 0.1) is 15.0 Å². The lowest BCUT2D eigenvalue weighted by atomic mass is 10.1. The molecule has 0 saturated carbocycles. The van der Waals surface area contributed by atoms with E-state index in [2.05, 4.69) is 5.18 Å². The third-order valence-corrected chi connectivity index (χ3v) is 1.76. The van der Waals surface area contributed by atoms with Gasteiger partial charge in [-0.15, -0.1) is 4.91 Å². The Labute approximate surface area is 83.5 Å². The molecule has 0 saturated heterocycles. The van der Waals surface area contributed by atoms with E-state index in [9.17, 15) is 19.8 Å². The van der Waals surface area contributed by atoms with Crippen LogP contribution in [0.5, 0.6) is 0 Å². The Hall–Kier alpha value is -2.31. The lowest BCUT2D eigenvalue weighted by Gasteiger charge is -2.02. The molecule has 1 N–H and O–H groups in total. The number of aliphatic carboxylic acids is 1. The van der Waals surface area contributed by atoms with E-state index < -0.39 is 16.9 Å². The predicted molar refractivity (Wildman–Crippen MR) is 49.3 cm³/mol. The van der Waals surface area contributed by atoms with Crippen molar-refractivity contribution in [2.24, 2.45) is 5.18 Å². The van der Waals surface area contributed by atoms with Crippen molar-refractivity contribution in [1.82, 2.24) is 0 Å². The number of nitrogens with zero attached hydrogens (tertiary/aromatic N) is 2. The topological polar surface area (TPSA) is 110 Å². The van der Waals surface area contributed by atoms with Crippen LogP contribution in [0.25, 0.3) is 0 Å². The van der Waals surface area contributed by atoms with Gasteiger partial charge in [0.15, 0.2) is 0 Å². The average molecular weight is 210 g/mol. The third-order valence-electron chi connectivity index (χ3n) is 1.76. The number of hydrogen-bond donors (Lipinski definition) is 1. The van der Waals surface area contributed by atoms with Crippen LogP contribution in [0.15, 0.2) is 29.4 Å². The molecule has 1 aromatic rings. The second-order valence-corrected chi connectivity index (χ2v) is 2.69. The fraction of sp³-hybridized carbons (Fsp3) is 0.125. The van der Waals surface area contributed by atoms with E-state index in [4.69, 9.17) is 5.11 Å². The van der Waals surface area contributed by atoms with Gasteiger partial charge in [-0.25, -0.2) is 4.79 Å². The van der Waals surface area contributed by atoms with Crippen LogP contribution >= 0.6 is 0 Å². The number of non-ortho nitro benzene ring substituents is 1. The summed E-state index contributed by atoms with van der Waals surface area (Å²) in [7, 11) is 0.